The Morgan fingerprint density at radius 2 is 1.92 bits per heavy atom. The molecule has 2 rings (SSSR count). The first-order chi connectivity index (χ1) is 12.0. The quantitative estimate of drug-likeness (QED) is 0.822. The van der Waals surface area contributed by atoms with Gasteiger partial charge < -0.3 is 15.0 Å². The van der Waals surface area contributed by atoms with Gasteiger partial charge in [0.05, 0.1) is 7.11 Å². The first-order valence-corrected chi connectivity index (χ1v) is 7.92. The summed E-state index contributed by atoms with van der Waals surface area (Å²) in [6, 6.07) is 14.9. The van der Waals surface area contributed by atoms with Crippen LogP contribution in [0.2, 0.25) is 0 Å². The van der Waals surface area contributed by atoms with Crippen molar-refractivity contribution in [3.63, 3.8) is 0 Å². The minimum atomic E-state index is -0.233. The Hall–Kier alpha value is -3.08. The van der Waals surface area contributed by atoms with Crippen LogP contribution in [0.5, 0.6) is 5.75 Å². The Balaban J connectivity index is 2.03. The van der Waals surface area contributed by atoms with E-state index in [9.17, 15) is 9.59 Å². The number of carbonyl (C=O) groups is 2. The molecule has 5 heteroatoms. The molecule has 0 aliphatic carbocycles. The highest BCUT2D eigenvalue weighted by atomic mass is 16.5. The topological polar surface area (TPSA) is 58.6 Å². The predicted octanol–water partition coefficient (Wildman–Crippen LogP) is 3.33. The van der Waals surface area contributed by atoms with E-state index in [4.69, 9.17) is 4.74 Å². The van der Waals surface area contributed by atoms with Crippen LogP contribution in [0.25, 0.3) is 6.08 Å². The summed E-state index contributed by atoms with van der Waals surface area (Å²) in [6.07, 6.45) is 3.17. The van der Waals surface area contributed by atoms with Crippen molar-refractivity contribution in [1.29, 1.82) is 0 Å². The van der Waals surface area contributed by atoms with Gasteiger partial charge in [0.25, 0.3) is 0 Å². The van der Waals surface area contributed by atoms with Crippen LogP contribution in [0.4, 0.5) is 5.69 Å². The molecule has 0 aliphatic heterocycles. The summed E-state index contributed by atoms with van der Waals surface area (Å²) in [5.74, 6) is 0.470. The fraction of sp³-hybridized carbons (Fsp3) is 0.200. The Labute approximate surface area is 147 Å². The molecular formula is C20H22N2O3. The number of carbonyl (C=O) groups excluding carboxylic acids is 2. The lowest BCUT2D eigenvalue weighted by Gasteiger charge is -2.15. The molecule has 0 unspecified atom stereocenters. The van der Waals surface area contributed by atoms with Crippen LogP contribution in [0.3, 0.4) is 0 Å². The number of rotatable bonds is 6. The number of nitrogens with zero attached hydrogens (tertiary/aromatic N) is 1. The van der Waals surface area contributed by atoms with Crippen molar-refractivity contribution < 1.29 is 14.3 Å². The van der Waals surface area contributed by atoms with Gasteiger partial charge in [0, 0.05) is 37.8 Å². The zero-order chi connectivity index (χ0) is 18.2. The molecule has 2 amide bonds. The summed E-state index contributed by atoms with van der Waals surface area (Å²) in [5, 5.41) is 2.82. The molecule has 0 spiro atoms. The van der Waals surface area contributed by atoms with Crippen molar-refractivity contribution in [1.82, 2.24) is 4.90 Å². The molecular weight excluding hydrogens is 316 g/mol. The molecule has 130 valence electrons. The molecule has 0 fully saturated rings. The smallest absolute Gasteiger partial charge is 0.248 e. The molecule has 25 heavy (non-hydrogen) atoms. The van der Waals surface area contributed by atoms with E-state index in [1.54, 1.807) is 25.1 Å². The summed E-state index contributed by atoms with van der Waals surface area (Å²) < 4.78 is 5.25. The van der Waals surface area contributed by atoms with Gasteiger partial charge in [-0.15, -0.1) is 0 Å². The third-order valence-electron chi connectivity index (χ3n) is 3.71. The number of nitrogens with one attached hydrogen (secondary N) is 1. The number of para-hydroxylation sites is 1. The van der Waals surface area contributed by atoms with Crippen molar-refractivity contribution in [2.24, 2.45) is 0 Å². The average molecular weight is 338 g/mol. The number of hydrogen-bond acceptors (Lipinski definition) is 3. The summed E-state index contributed by atoms with van der Waals surface area (Å²) in [7, 11) is 3.33. The highest BCUT2D eigenvalue weighted by Crippen LogP contribution is 2.19. The van der Waals surface area contributed by atoms with Crippen LogP contribution in [-0.2, 0) is 16.1 Å². The van der Waals surface area contributed by atoms with Gasteiger partial charge in [-0.25, -0.2) is 0 Å². The molecule has 0 bridgehead atoms. The van der Waals surface area contributed by atoms with E-state index in [-0.39, 0.29) is 11.8 Å². The Morgan fingerprint density at radius 1 is 1.16 bits per heavy atom. The fourth-order valence-electron chi connectivity index (χ4n) is 2.29. The van der Waals surface area contributed by atoms with Crippen molar-refractivity contribution >= 4 is 23.6 Å². The predicted molar refractivity (Wildman–Crippen MR) is 99.2 cm³/mol. The van der Waals surface area contributed by atoms with E-state index in [2.05, 4.69) is 5.32 Å². The maximum absolute atomic E-state index is 12.1. The summed E-state index contributed by atoms with van der Waals surface area (Å²) in [4.78, 5) is 25.1. The molecule has 0 aliphatic rings. The Bertz CT molecular complexity index is 784. The Morgan fingerprint density at radius 3 is 2.64 bits per heavy atom. The molecule has 0 saturated carbocycles. The molecule has 0 radical (unpaired) electrons. The monoisotopic (exact) mass is 338 g/mol. The minimum Gasteiger partial charge on any atom is -0.496 e. The van der Waals surface area contributed by atoms with Gasteiger partial charge >= 0.3 is 0 Å². The summed E-state index contributed by atoms with van der Waals surface area (Å²) >= 11 is 0. The van der Waals surface area contributed by atoms with E-state index in [0.717, 1.165) is 11.1 Å². The van der Waals surface area contributed by atoms with Gasteiger partial charge in [-0.3, -0.25) is 9.59 Å². The molecule has 0 saturated heterocycles. The largest absolute Gasteiger partial charge is 0.496 e. The Kier molecular flexibility index (Phi) is 6.34. The van der Waals surface area contributed by atoms with Crippen molar-refractivity contribution in [3.05, 3.63) is 65.7 Å². The summed E-state index contributed by atoms with van der Waals surface area (Å²) in [6.45, 7) is 2.02. The number of amides is 2. The van der Waals surface area contributed by atoms with E-state index in [1.807, 2.05) is 48.5 Å². The molecule has 1 N–H and O–H groups in total. The number of ether oxygens (including phenoxy) is 1. The fourth-order valence-corrected chi connectivity index (χ4v) is 2.29. The number of benzene rings is 2. The van der Waals surface area contributed by atoms with Gasteiger partial charge in [0.2, 0.25) is 11.8 Å². The van der Waals surface area contributed by atoms with Gasteiger partial charge in [0.15, 0.2) is 0 Å². The second-order valence-corrected chi connectivity index (χ2v) is 5.64. The van der Waals surface area contributed by atoms with E-state index in [1.165, 1.54) is 13.0 Å². The van der Waals surface area contributed by atoms with Crippen LogP contribution in [-0.4, -0.2) is 30.9 Å². The number of anilines is 1. The zero-order valence-corrected chi connectivity index (χ0v) is 14.7. The van der Waals surface area contributed by atoms with Gasteiger partial charge in [-0.1, -0.05) is 30.3 Å². The van der Waals surface area contributed by atoms with Crippen LogP contribution in [0.1, 0.15) is 18.1 Å². The number of hydrogen-bond donors (Lipinski definition) is 1. The standard InChI is InChI=1S/C20H22N2O3/c1-15(23)22(2)14-16-7-6-9-18(13-16)21-20(24)12-11-17-8-4-5-10-19(17)25-3/h4-13H,14H2,1-3H3,(H,21,24)/b12-11+. The molecule has 0 atom stereocenters. The lowest BCUT2D eigenvalue weighted by atomic mass is 10.1. The third-order valence-corrected chi connectivity index (χ3v) is 3.71. The maximum atomic E-state index is 12.1. The van der Waals surface area contributed by atoms with Crippen LogP contribution >= 0.6 is 0 Å². The van der Waals surface area contributed by atoms with Crippen LogP contribution in [0.15, 0.2) is 54.6 Å². The average Bonchev–Trinajstić information content (AvgIpc) is 2.60. The highest BCUT2D eigenvalue weighted by Gasteiger charge is 2.05. The third kappa shape index (κ3) is 5.49. The number of methoxy groups -OCH3 is 1. The molecule has 5 nitrogen and oxygen atoms in total. The van der Waals surface area contributed by atoms with Gasteiger partial charge in [-0.2, -0.15) is 0 Å². The second-order valence-electron chi connectivity index (χ2n) is 5.64. The lowest BCUT2D eigenvalue weighted by Crippen LogP contribution is -2.23. The van der Waals surface area contributed by atoms with Crippen molar-refractivity contribution in [2.45, 2.75) is 13.5 Å². The van der Waals surface area contributed by atoms with E-state index >= 15 is 0 Å². The van der Waals surface area contributed by atoms with Crippen molar-refractivity contribution in [2.75, 3.05) is 19.5 Å². The first kappa shape index (κ1) is 18.3. The molecule has 0 aromatic heterocycles. The zero-order valence-electron chi connectivity index (χ0n) is 14.7. The molecule has 0 heterocycles. The lowest BCUT2D eigenvalue weighted by molar-refractivity contribution is -0.128. The van der Waals surface area contributed by atoms with E-state index < -0.39 is 0 Å². The van der Waals surface area contributed by atoms with Gasteiger partial charge in [0.1, 0.15) is 5.75 Å². The summed E-state index contributed by atoms with van der Waals surface area (Å²) in [5.41, 5.74) is 2.46. The van der Waals surface area contributed by atoms with Gasteiger partial charge in [-0.05, 0) is 29.8 Å². The second kappa shape index (κ2) is 8.68. The van der Waals surface area contributed by atoms with E-state index in [0.29, 0.717) is 18.0 Å². The van der Waals surface area contributed by atoms with Crippen molar-refractivity contribution in [3.8, 4) is 5.75 Å². The van der Waals surface area contributed by atoms with Crippen LogP contribution < -0.4 is 10.1 Å². The first-order valence-electron chi connectivity index (χ1n) is 7.92. The molecule has 2 aromatic carbocycles. The van der Waals surface area contributed by atoms with Crippen LogP contribution in [0, 0.1) is 0 Å². The normalized spacial score (nSPS) is 10.5. The maximum Gasteiger partial charge on any atom is 0.248 e. The molecule has 2 aromatic rings. The highest BCUT2D eigenvalue weighted by molar-refractivity contribution is 6.02. The SMILES string of the molecule is COc1ccccc1/C=C/C(=O)Nc1cccc(CN(C)C(C)=O)c1. The minimum absolute atomic E-state index is 0.00539.